The van der Waals surface area contributed by atoms with Crippen LogP contribution in [-0.4, -0.2) is 78.6 Å². The lowest BCUT2D eigenvalue weighted by atomic mass is 9.90. The van der Waals surface area contributed by atoms with Gasteiger partial charge in [-0.1, -0.05) is 99.8 Å². The molecule has 3 aromatic carbocycles. The van der Waals surface area contributed by atoms with Crippen LogP contribution >= 0.6 is 0 Å². The number of carbonyl (C=O) groups excluding carboxylic acids is 7. The number of rotatable bonds is 26. The molecule has 0 spiro atoms. The maximum Gasteiger partial charge on any atom is 0.431 e. The molecule has 1 aromatic heterocycles. The van der Waals surface area contributed by atoms with Gasteiger partial charge < -0.3 is 44.7 Å². The van der Waals surface area contributed by atoms with Gasteiger partial charge in [-0.25, -0.2) is 9.59 Å². The second kappa shape index (κ2) is 26.5. The number of furan rings is 1. The third-order valence-corrected chi connectivity index (χ3v) is 9.94. The van der Waals surface area contributed by atoms with Crippen molar-refractivity contribution in [3.05, 3.63) is 113 Å². The van der Waals surface area contributed by atoms with Gasteiger partial charge in [-0.2, -0.15) is 5.06 Å². The number of nitrogens with zero attached hydrogens (tertiary/aromatic N) is 1. The van der Waals surface area contributed by atoms with Crippen LogP contribution in [0.2, 0.25) is 0 Å². The van der Waals surface area contributed by atoms with Crippen LogP contribution in [0.4, 0.5) is 4.79 Å². The van der Waals surface area contributed by atoms with E-state index in [9.17, 15) is 33.6 Å². The minimum absolute atomic E-state index is 0.0260. The van der Waals surface area contributed by atoms with Crippen LogP contribution in [0.25, 0.3) is 11.3 Å². The first-order valence-corrected chi connectivity index (χ1v) is 21.7. The summed E-state index contributed by atoms with van der Waals surface area (Å²) in [5.74, 6) is -3.81. The minimum Gasteiger partial charge on any atom is -0.493 e. The van der Waals surface area contributed by atoms with E-state index in [1.807, 2.05) is 19.1 Å². The number of ether oxygens (including phenoxy) is 3. The SMILES string of the molecule is CCCCC[C@@H](C(=O)NCNC(=O)c1ccc(-c2ccc(C(=O)N[C@@H](CC(=O)OCc3ccccc3)C(=O)OCc3ccccc3)c(OCC)c2)o1)[C@@H](CC)N(C=O)OC(=O)NC(C)C. The van der Waals surface area contributed by atoms with E-state index >= 15 is 0 Å². The largest absolute Gasteiger partial charge is 0.493 e. The Morgan fingerprint density at radius 3 is 2.06 bits per heavy atom. The maximum atomic E-state index is 13.8. The Morgan fingerprint density at radius 2 is 1.45 bits per heavy atom. The van der Waals surface area contributed by atoms with Gasteiger partial charge in [0.05, 0.1) is 37.2 Å². The third kappa shape index (κ3) is 16.2. The van der Waals surface area contributed by atoms with Crippen molar-refractivity contribution in [1.82, 2.24) is 26.3 Å². The average Bonchev–Trinajstić information content (AvgIpc) is 3.80. The van der Waals surface area contributed by atoms with E-state index in [1.54, 1.807) is 88.4 Å². The van der Waals surface area contributed by atoms with E-state index in [0.29, 0.717) is 36.8 Å². The Kier molecular flexibility index (Phi) is 20.5. The van der Waals surface area contributed by atoms with E-state index in [0.717, 1.165) is 23.5 Å². The molecule has 0 saturated heterocycles. The van der Waals surface area contributed by atoms with Crippen molar-refractivity contribution in [2.75, 3.05) is 13.3 Å². The zero-order chi connectivity index (χ0) is 47.1. The number of hydrogen-bond acceptors (Lipinski definition) is 12. The summed E-state index contributed by atoms with van der Waals surface area (Å²) < 4.78 is 22.6. The highest BCUT2D eigenvalue weighted by molar-refractivity contribution is 6.00. The average molecular weight is 898 g/mol. The lowest BCUT2D eigenvalue weighted by Gasteiger charge is -2.32. The molecule has 1 heterocycles. The molecule has 17 nitrogen and oxygen atoms in total. The molecular formula is C48H59N5O12. The molecule has 4 aromatic rings. The van der Waals surface area contributed by atoms with Crippen LogP contribution in [0.1, 0.15) is 105 Å². The van der Waals surface area contributed by atoms with Crippen LogP contribution in [0.3, 0.4) is 0 Å². The first-order valence-electron chi connectivity index (χ1n) is 21.7. The Labute approximate surface area is 378 Å². The van der Waals surface area contributed by atoms with Crippen molar-refractivity contribution in [1.29, 1.82) is 0 Å². The smallest absolute Gasteiger partial charge is 0.431 e. The molecule has 65 heavy (non-hydrogen) atoms. The molecule has 0 fully saturated rings. The lowest BCUT2D eigenvalue weighted by molar-refractivity contribution is -0.169. The van der Waals surface area contributed by atoms with Gasteiger partial charge in [0.2, 0.25) is 12.3 Å². The molecule has 0 saturated carbocycles. The fraction of sp³-hybridized carbons (Fsp3) is 0.396. The summed E-state index contributed by atoms with van der Waals surface area (Å²) in [5, 5.41) is 11.3. The standard InChI is InChI=1S/C48H59N5O12/c1-6-9-12-21-36(39(7-2)53(31-54)65-48(60)51-32(4)5)44(56)49-30-50-46(58)41-25-24-40(64-41)35-22-23-37(42(26-35)61-8-3)45(57)52-38(47(59)63-29-34-19-15-11-16-20-34)27-43(55)62-28-33-17-13-10-14-18-33/h10-11,13-20,22-26,31-32,36,38-39H,6-9,12,21,27-30H2,1-5H3,(H,49,56)(H,50,58)(H,51,60)(H,52,57)/t36-,38+,39-/m1/s1. The predicted molar refractivity (Wildman–Crippen MR) is 239 cm³/mol. The maximum absolute atomic E-state index is 13.8. The molecule has 5 amide bonds. The van der Waals surface area contributed by atoms with Gasteiger partial charge in [-0.15, -0.1) is 0 Å². The third-order valence-electron chi connectivity index (χ3n) is 9.94. The monoisotopic (exact) mass is 897 g/mol. The van der Waals surface area contributed by atoms with E-state index in [1.165, 1.54) is 18.2 Å². The van der Waals surface area contributed by atoms with Gasteiger partial charge in [0.25, 0.3) is 11.8 Å². The van der Waals surface area contributed by atoms with Crippen LogP contribution < -0.4 is 26.0 Å². The molecule has 4 rings (SSSR count). The van der Waals surface area contributed by atoms with Gasteiger partial charge in [-0.3, -0.25) is 24.0 Å². The van der Waals surface area contributed by atoms with Gasteiger partial charge >= 0.3 is 18.0 Å². The summed E-state index contributed by atoms with van der Waals surface area (Å²) in [4.78, 5) is 96.3. The second-order valence-corrected chi connectivity index (χ2v) is 15.2. The number of carbonyl (C=O) groups is 7. The Morgan fingerprint density at radius 1 is 0.769 bits per heavy atom. The minimum atomic E-state index is -1.40. The number of unbranched alkanes of at least 4 members (excludes halogenated alkanes) is 2. The van der Waals surface area contributed by atoms with E-state index in [2.05, 4.69) is 21.3 Å². The van der Waals surface area contributed by atoms with Crippen LogP contribution in [0.15, 0.2) is 95.4 Å². The van der Waals surface area contributed by atoms with Crippen molar-refractivity contribution in [3.8, 4) is 17.1 Å². The Bertz CT molecular complexity index is 2180. The number of nitrogens with one attached hydrogen (secondary N) is 4. The fourth-order valence-electron chi connectivity index (χ4n) is 6.68. The number of esters is 2. The van der Waals surface area contributed by atoms with Crippen LogP contribution in [0.5, 0.6) is 5.75 Å². The summed E-state index contributed by atoms with van der Waals surface area (Å²) in [6, 6.07) is 23.1. The van der Waals surface area contributed by atoms with Gasteiger partial charge in [0, 0.05) is 11.6 Å². The van der Waals surface area contributed by atoms with Crippen molar-refractivity contribution in [3.63, 3.8) is 0 Å². The first-order chi connectivity index (χ1) is 31.4. The highest BCUT2D eigenvalue weighted by Gasteiger charge is 2.34. The van der Waals surface area contributed by atoms with Crippen molar-refractivity contribution >= 4 is 42.2 Å². The zero-order valence-corrected chi connectivity index (χ0v) is 37.5. The molecule has 0 bridgehead atoms. The lowest BCUT2D eigenvalue weighted by Crippen LogP contribution is -2.50. The summed E-state index contributed by atoms with van der Waals surface area (Å²) >= 11 is 0. The van der Waals surface area contributed by atoms with Crippen molar-refractivity contribution in [2.24, 2.45) is 5.92 Å². The molecule has 0 unspecified atom stereocenters. The predicted octanol–water partition coefficient (Wildman–Crippen LogP) is 6.61. The van der Waals surface area contributed by atoms with Crippen molar-refractivity contribution < 1.29 is 57.0 Å². The van der Waals surface area contributed by atoms with E-state index in [-0.39, 0.29) is 55.4 Å². The molecular weight excluding hydrogens is 839 g/mol. The van der Waals surface area contributed by atoms with Crippen LogP contribution in [0, 0.1) is 5.92 Å². The molecule has 0 aliphatic rings. The quantitative estimate of drug-likeness (QED) is 0.0172. The fourth-order valence-corrected chi connectivity index (χ4v) is 6.68. The summed E-state index contributed by atoms with van der Waals surface area (Å²) in [6.45, 7) is 8.80. The first kappa shape index (κ1) is 50.5. The highest BCUT2D eigenvalue weighted by Crippen LogP contribution is 2.30. The molecule has 3 atom stereocenters. The highest BCUT2D eigenvalue weighted by atomic mass is 16.7. The topological polar surface area (TPSA) is 221 Å². The Hall–Kier alpha value is -7.17. The molecule has 17 heteroatoms. The molecule has 0 aliphatic heterocycles. The second-order valence-electron chi connectivity index (χ2n) is 15.2. The number of amides is 5. The molecule has 4 N–H and O–H groups in total. The number of hydroxylamine groups is 2. The summed E-state index contributed by atoms with van der Waals surface area (Å²) in [5.41, 5.74) is 1.96. The van der Waals surface area contributed by atoms with E-state index in [4.69, 9.17) is 23.5 Å². The van der Waals surface area contributed by atoms with Crippen LogP contribution in [-0.2, 0) is 46.7 Å². The van der Waals surface area contributed by atoms with Gasteiger partial charge in [0.1, 0.15) is 30.8 Å². The zero-order valence-electron chi connectivity index (χ0n) is 37.5. The normalized spacial score (nSPS) is 12.2. The molecule has 0 aliphatic carbocycles. The molecule has 0 radical (unpaired) electrons. The van der Waals surface area contributed by atoms with E-state index < -0.39 is 60.2 Å². The summed E-state index contributed by atoms with van der Waals surface area (Å²) in [7, 11) is 0. The van der Waals surface area contributed by atoms with Gasteiger partial charge in [-0.05, 0) is 69.0 Å². The Balaban J connectivity index is 1.43. The van der Waals surface area contributed by atoms with Crippen molar-refractivity contribution in [2.45, 2.75) is 104 Å². The molecule has 348 valence electrons. The van der Waals surface area contributed by atoms with Gasteiger partial charge in [0.15, 0.2) is 5.76 Å². The number of hydrogen-bond donors (Lipinski definition) is 4. The number of benzene rings is 3. The summed E-state index contributed by atoms with van der Waals surface area (Å²) in [6.07, 6.45) is 2.20.